The zero-order valence-corrected chi connectivity index (χ0v) is 11.4. The van der Waals surface area contributed by atoms with Crippen LogP contribution in [0.5, 0.6) is 0 Å². The van der Waals surface area contributed by atoms with Crippen molar-refractivity contribution in [3.05, 3.63) is 29.6 Å². The van der Waals surface area contributed by atoms with Crippen LogP contribution in [0.1, 0.15) is 24.6 Å². The number of hydrogen-bond acceptors (Lipinski definition) is 4. The third-order valence-corrected chi connectivity index (χ3v) is 3.85. The molecule has 0 atom stereocenters. The van der Waals surface area contributed by atoms with E-state index in [1.54, 1.807) is 12.5 Å². The van der Waals surface area contributed by atoms with E-state index in [2.05, 4.69) is 25.2 Å². The molecule has 1 aliphatic rings. The number of nitrogens with one attached hydrogen (secondary N) is 1. The van der Waals surface area contributed by atoms with Gasteiger partial charge in [-0.3, -0.25) is 9.78 Å². The molecule has 0 aliphatic carbocycles. The van der Waals surface area contributed by atoms with E-state index >= 15 is 0 Å². The number of halogens is 1. The van der Waals surface area contributed by atoms with Crippen molar-refractivity contribution in [3.8, 4) is 0 Å². The lowest BCUT2D eigenvalue weighted by Crippen LogP contribution is -2.35. The molecule has 3 heterocycles. The summed E-state index contributed by atoms with van der Waals surface area (Å²) in [4.78, 5) is 6.71. The van der Waals surface area contributed by atoms with Gasteiger partial charge in [0.25, 0.3) is 0 Å². The number of rotatable bonds is 4. The van der Waals surface area contributed by atoms with Crippen molar-refractivity contribution in [3.63, 3.8) is 0 Å². The SMILES string of the molecule is Clc1cnn(CCN2CCC(c3ncn[nH]3)CC2)c1. The number of hydrogen-bond donors (Lipinski definition) is 1. The first-order valence-electron chi connectivity index (χ1n) is 6.57. The van der Waals surface area contributed by atoms with Gasteiger partial charge in [0.2, 0.25) is 0 Å². The lowest BCUT2D eigenvalue weighted by Gasteiger charge is -2.30. The number of aromatic amines is 1. The first-order chi connectivity index (χ1) is 9.31. The van der Waals surface area contributed by atoms with E-state index in [0.29, 0.717) is 10.9 Å². The van der Waals surface area contributed by atoms with E-state index in [9.17, 15) is 0 Å². The van der Waals surface area contributed by atoms with Crippen LogP contribution < -0.4 is 0 Å². The van der Waals surface area contributed by atoms with Crippen LogP contribution in [0.2, 0.25) is 5.02 Å². The quantitative estimate of drug-likeness (QED) is 0.923. The van der Waals surface area contributed by atoms with Crippen LogP contribution in [-0.4, -0.2) is 49.5 Å². The third kappa shape index (κ3) is 3.13. The molecule has 1 aliphatic heterocycles. The van der Waals surface area contributed by atoms with Crippen LogP contribution in [0.15, 0.2) is 18.7 Å². The molecular formula is C12H17ClN6. The maximum Gasteiger partial charge on any atom is 0.137 e. The Morgan fingerprint density at radius 1 is 1.32 bits per heavy atom. The molecule has 0 spiro atoms. The fourth-order valence-corrected chi connectivity index (χ4v) is 2.70. The van der Waals surface area contributed by atoms with Gasteiger partial charge in [0, 0.05) is 18.7 Å². The molecule has 6 nitrogen and oxygen atoms in total. The molecule has 2 aromatic heterocycles. The van der Waals surface area contributed by atoms with E-state index < -0.39 is 0 Å². The first kappa shape index (κ1) is 12.6. The van der Waals surface area contributed by atoms with Gasteiger partial charge in [0.05, 0.1) is 17.8 Å². The van der Waals surface area contributed by atoms with Crippen molar-refractivity contribution >= 4 is 11.6 Å². The largest absolute Gasteiger partial charge is 0.301 e. The molecule has 0 unspecified atom stereocenters. The molecule has 7 heteroatoms. The first-order valence-corrected chi connectivity index (χ1v) is 6.94. The second-order valence-corrected chi connectivity index (χ2v) is 5.34. The topological polar surface area (TPSA) is 62.6 Å². The van der Waals surface area contributed by atoms with E-state index in [-0.39, 0.29) is 0 Å². The summed E-state index contributed by atoms with van der Waals surface area (Å²) in [6.45, 7) is 4.10. The zero-order chi connectivity index (χ0) is 13.1. The number of likely N-dealkylation sites (tertiary alicyclic amines) is 1. The van der Waals surface area contributed by atoms with Gasteiger partial charge in [0.15, 0.2) is 0 Å². The number of H-pyrrole nitrogens is 1. The molecule has 0 aromatic carbocycles. The molecule has 0 amide bonds. The summed E-state index contributed by atoms with van der Waals surface area (Å²) in [6.07, 6.45) is 7.40. The van der Waals surface area contributed by atoms with Crippen LogP contribution >= 0.6 is 11.6 Å². The summed E-state index contributed by atoms with van der Waals surface area (Å²) in [5.41, 5.74) is 0. The van der Waals surface area contributed by atoms with Gasteiger partial charge >= 0.3 is 0 Å². The fraction of sp³-hybridized carbons (Fsp3) is 0.583. The number of nitrogens with zero attached hydrogens (tertiary/aromatic N) is 5. The van der Waals surface area contributed by atoms with E-state index in [1.165, 1.54) is 0 Å². The van der Waals surface area contributed by atoms with Gasteiger partial charge in [-0.15, -0.1) is 0 Å². The highest BCUT2D eigenvalue weighted by Gasteiger charge is 2.22. The van der Waals surface area contributed by atoms with Crippen molar-refractivity contribution in [2.75, 3.05) is 19.6 Å². The lowest BCUT2D eigenvalue weighted by molar-refractivity contribution is 0.200. The van der Waals surface area contributed by atoms with Gasteiger partial charge in [-0.25, -0.2) is 4.98 Å². The van der Waals surface area contributed by atoms with Crippen molar-refractivity contribution in [1.82, 2.24) is 29.9 Å². The van der Waals surface area contributed by atoms with Gasteiger partial charge in [-0.1, -0.05) is 11.6 Å². The molecule has 0 bridgehead atoms. The Labute approximate surface area is 116 Å². The summed E-state index contributed by atoms with van der Waals surface area (Å²) < 4.78 is 1.89. The minimum absolute atomic E-state index is 0.526. The maximum atomic E-state index is 5.84. The predicted octanol–water partition coefficient (Wildman–Crippen LogP) is 1.53. The lowest BCUT2D eigenvalue weighted by atomic mass is 9.96. The fourth-order valence-electron chi connectivity index (χ4n) is 2.55. The molecule has 1 fully saturated rings. The van der Waals surface area contributed by atoms with Crippen molar-refractivity contribution < 1.29 is 0 Å². The van der Waals surface area contributed by atoms with Crippen LogP contribution in [0, 0.1) is 0 Å². The van der Waals surface area contributed by atoms with Crippen molar-refractivity contribution in [2.24, 2.45) is 0 Å². The predicted molar refractivity (Wildman–Crippen MR) is 72.0 cm³/mol. The Hall–Kier alpha value is -1.40. The van der Waals surface area contributed by atoms with Crippen LogP contribution in [-0.2, 0) is 6.54 Å². The van der Waals surface area contributed by atoms with Crippen molar-refractivity contribution in [2.45, 2.75) is 25.3 Å². The molecule has 19 heavy (non-hydrogen) atoms. The Bertz CT molecular complexity index is 500. The van der Waals surface area contributed by atoms with Gasteiger partial charge < -0.3 is 4.90 Å². The monoisotopic (exact) mass is 280 g/mol. The molecular weight excluding hydrogens is 264 g/mol. The molecule has 3 rings (SSSR count). The molecule has 1 saturated heterocycles. The minimum Gasteiger partial charge on any atom is -0.301 e. The van der Waals surface area contributed by atoms with E-state index in [1.807, 2.05) is 10.9 Å². The van der Waals surface area contributed by atoms with E-state index in [0.717, 1.165) is 44.8 Å². The van der Waals surface area contributed by atoms with E-state index in [4.69, 9.17) is 11.6 Å². The van der Waals surface area contributed by atoms with Crippen LogP contribution in [0.25, 0.3) is 0 Å². The van der Waals surface area contributed by atoms with Gasteiger partial charge in [-0.2, -0.15) is 10.2 Å². The van der Waals surface area contributed by atoms with Gasteiger partial charge in [0.1, 0.15) is 12.2 Å². The summed E-state index contributed by atoms with van der Waals surface area (Å²) >= 11 is 5.84. The maximum absolute atomic E-state index is 5.84. The minimum atomic E-state index is 0.526. The molecule has 102 valence electrons. The second kappa shape index (κ2) is 5.71. The average molecular weight is 281 g/mol. The normalized spacial score (nSPS) is 17.9. The van der Waals surface area contributed by atoms with Crippen LogP contribution in [0.3, 0.4) is 0 Å². The van der Waals surface area contributed by atoms with Crippen LogP contribution in [0.4, 0.5) is 0 Å². The Morgan fingerprint density at radius 3 is 2.79 bits per heavy atom. The number of piperidine rings is 1. The molecule has 2 aromatic rings. The highest BCUT2D eigenvalue weighted by molar-refractivity contribution is 6.30. The van der Waals surface area contributed by atoms with Gasteiger partial charge in [-0.05, 0) is 25.9 Å². The highest BCUT2D eigenvalue weighted by Crippen LogP contribution is 2.24. The average Bonchev–Trinajstić information content (AvgIpc) is 3.08. The summed E-state index contributed by atoms with van der Waals surface area (Å²) in [5.74, 6) is 1.55. The van der Waals surface area contributed by atoms with Crippen molar-refractivity contribution in [1.29, 1.82) is 0 Å². The smallest absolute Gasteiger partial charge is 0.137 e. The molecule has 0 saturated carbocycles. The molecule has 1 N–H and O–H groups in total. The summed E-state index contributed by atoms with van der Waals surface area (Å²) in [6, 6.07) is 0. The second-order valence-electron chi connectivity index (χ2n) is 4.91. The molecule has 0 radical (unpaired) electrons. The summed E-state index contributed by atoms with van der Waals surface area (Å²) in [7, 11) is 0. The zero-order valence-electron chi connectivity index (χ0n) is 10.7. The summed E-state index contributed by atoms with van der Waals surface area (Å²) in [5, 5.41) is 11.8. The Morgan fingerprint density at radius 2 is 2.16 bits per heavy atom. The third-order valence-electron chi connectivity index (χ3n) is 3.65. The Kier molecular flexibility index (Phi) is 3.79. The standard InChI is InChI=1S/C12H17ClN6/c13-11-7-16-19(8-11)6-5-18-3-1-10(2-4-18)12-14-9-15-17-12/h7-10H,1-6H2,(H,14,15,17). The Balaban J connectivity index is 1.45. The highest BCUT2D eigenvalue weighted by atomic mass is 35.5. The number of aromatic nitrogens is 5.